The van der Waals surface area contributed by atoms with Gasteiger partial charge in [0.1, 0.15) is 0 Å². The molecular weight excluding hydrogens is 160 g/mol. The van der Waals surface area contributed by atoms with Crippen molar-refractivity contribution < 1.29 is 5.11 Å². The van der Waals surface area contributed by atoms with Crippen LogP contribution in [0.2, 0.25) is 0 Å². The van der Waals surface area contributed by atoms with E-state index < -0.39 is 5.60 Å². The summed E-state index contributed by atoms with van der Waals surface area (Å²) in [7, 11) is 0. The summed E-state index contributed by atoms with van der Waals surface area (Å²) in [5, 5.41) is 10.4. The Bertz CT molecular complexity index is 160. The fraction of sp³-hybridized carbons (Fsp3) is 1.00. The van der Waals surface area contributed by atoms with E-state index in [1.54, 1.807) is 0 Å². The van der Waals surface area contributed by atoms with E-state index in [-0.39, 0.29) is 10.8 Å². The largest absolute Gasteiger partial charge is 0.390 e. The van der Waals surface area contributed by atoms with Gasteiger partial charge in [-0.3, -0.25) is 0 Å². The maximum atomic E-state index is 10.4. The smallest absolute Gasteiger partial charge is 0.0675 e. The highest BCUT2D eigenvalue weighted by Crippen LogP contribution is 2.41. The third kappa shape index (κ3) is 3.68. The average Bonchev–Trinajstić information content (AvgIpc) is 1.81. The molecule has 1 atom stereocenters. The van der Waals surface area contributed by atoms with E-state index in [0.29, 0.717) is 0 Å². The number of hydrogen-bond acceptors (Lipinski definition) is 1. The van der Waals surface area contributed by atoms with Gasteiger partial charge < -0.3 is 5.11 Å². The predicted molar refractivity (Wildman–Crippen MR) is 58.8 cm³/mol. The molecule has 0 bridgehead atoms. The zero-order valence-electron chi connectivity index (χ0n) is 10.4. The minimum absolute atomic E-state index is 0.000278. The Morgan fingerprint density at radius 1 is 0.923 bits per heavy atom. The molecular formula is C12H26O. The van der Waals surface area contributed by atoms with Gasteiger partial charge in [0.15, 0.2) is 0 Å². The SMILES string of the molecule is CCC(C)(C)C(C)(O)CC(C)(C)C. The topological polar surface area (TPSA) is 20.2 Å². The summed E-state index contributed by atoms with van der Waals surface area (Å²) < 4.78 is 0. The fourth-order valence-electron chi connectivity index (χ4n) is 1.65. The van der Waals surface area contributed by atoms with Crippen molar-refractivity contribution >= 4 is 0 Å². The number of hydrogen-bond donors (Lipinski definition) is 1. The van der Waals surface area contributed by atoms with Crippen LogP contribution in [0.4, 0.5) is 0 Å². The van der Waals surface area contributed by atoms with E-state index in [0.717, 1.165) is 12.8 Å². The quantitative estimate of drug-likeness (QED) is 0.714. The van der Waals surface area contributed by atoms with Crippen LogP contribution in [-0.2, 0) is 0 Å². The molecule has 0 rings (SSSR count). The lowest BCUT2D eigenvalue weighted by atomic mass is 9.67. The van der Waals surface area contributed by atoms with Gasteiger partial charge in [0, 0.05) is 0 Å². The molecule has 0 saturated carbocycles. The minimum Gasteiger partial charge on any atom is -0.390 e. The fourth-order valence-corrected chi connectivity index (χ4v) is 1.65. The third-order valence-corrected chi connectivity index (χ3v) is 3.22. The van der Waals surface area contributed by atoms with Crippen LogP contribution in [0.25, 0.3) is 0 Å². The van der Waals surface area contributed by atoms with Crippen molar-refractivity contribution in [1.82, 2.24) is 0 Å². The highest BCUT2D eigenvalue weighted by molar-refractivity contribution is 4.91. The summed E-state index contributed by atoms with van der Waals surface area (Å²) in [5.41, 5.74) is -0.379. The Morgan fingerprint density at radius 3 is 1.54 bits per heavy atom. The Morgan fingerprint density at radius 2 is 1.31 bits per heavy atom. The number of rotatable bonds is 3. The minimum atomic E-state index is -0.569. The summed E-state index contributed by atoms with van der Waals surface area (Å²) >= 11 is 0. The maximum Gasteiger partial charge on any atom is 0.0675 e. The van der Waals surface area contributed by atoms with Crippen molar-refractivity contribution in [1.29, 1.82) is 0 Å². The van der Waals surface area contributed by atoms with Crippen molar-refractivity contribution in [3.8, 4) is 0 Å². The molecule has 1 unspecified atom stereocenters. The lowest BCUT2D eigenvalue weighted by molar-refractivity contribution is -0.0798. The van der Waals surface area contributed by atoms with E-state index in [4.69, 9.17) is 0 Å². The van der Waals surface area contributed by atoms with Crippen LogP contribution in [-0.4, -0.2) is 10.7 Å². The van der Waals surface area contributed by atoms with Crippen molar-refractivity contribution in [3.63, 3.8) is 0 Å². The molecule has 0 fully saturated rings. The van der Waals surface area contributed by atoms with Gasteiger partial charge in [-0.2, -0.15) is 0 Å². The molecule has 1 N–H and O–H groups in total. The van der Waals surface area contributed by atoms with Gasteiger partial charge in [-0.05, 0) is 30.6 Å². The molecule has 0 radical (unpaired) electrons. The highest BCUT2D eigenvalue weighted by atomic mass is 16.3. The highest BCUT2D eigenvalue weighted by Gasteiger charge is 2.40. The predicted octanol–water partition coefficient (Wildman–Crippen LogP) is 3.61. The Balaban J connectivity index is 4.58. The molecule has 80 valence electrons. The van der Waals surface area contributed by atoms with Crippen molar-refractivity contribution in [2.24, 2.45) is 10.8 Å². The molecule has 0 aromatic rings. The van der Waals surface area contributed by atoms with E-state index in [2.05, 4.69) is 41.5 Å². The van der Waals surface area contributed by atoms with E-state index in [9.17, 15) is 5.11 Å². The molecule has 0 aliphatic carbocycles. The monoisotopic (exact) mass is 186 g/mol. The molecule has 0 aliphatic rings. The first-order chi connectivity index (χ1) is 5.52. The van der Waals surface area contributed by atoms with Crippen molar-refractivity contribution in [3.05, 3.63) is 0 Å². The molecule has 13 heavy (non-hydrogen) atoms. The standard InChI is InChI=1S/C12H26O/c1-8-11(5,6)12(7,13)9-10(2,3)4/h13H,8-9H2,1-7H3. The van der Waals surface area contributed by atoms with Crippen LogP contribution >= 0.6 is 0 Å². The van der Waals surface area contributed by atoms with Gasteiger partial charge in [0.2, 0.25) is 0 Å². The first-order valence-corrected chi connectivity index (χ1v) is 5.24. The molecule has 0 heterocycles. The van der Waals surface area contributed by atoms with E-state index in [1.807, 2.05) is 6.92 Å². The van der Waals surface area contributed by atoms with Crippen LogP contribution in [0, 0.1) is 10.8 Å². The Labute approximate surface area is 83.5 Å². The normalized spacial score (nSPS) is 18.5. The Hall–Kier alpha value is -0.0400. The zero-order valence-corrected chi connectivity index (χ0v) is 10.4. The van der Waals surface area contributed by atoms with Crippen LogP contribution in [0.5, 0.6) is 0 Å². The molecule has 0 saturated heterocycles. The van der Waals surface area contributed by atoms with E-state index in [1.165, 1.54) is 0 Å². The first-order valence-electron chi connectivity index (χ1n) is 5.24. The number of aliphatic hydroxyl groups is 1. The molecule has 0 amide bonds. The van der Waals surface area contributed by atoms with Gasteiger partial charge >= 0.3 is 0 Å². The maximum absolute atomic E-state index is 10.4. The van der Waals surface area contributed by atoms with Gasteiger partial charge in [0.25, 0.3) is 0 Å². The van der Waals surface area contributed by atoms with Gasteiger partial charge in [-0.15, -0.1) is 0 Å². The second kappa shape index (κ2) is 3.61. The average molecular weight is 186 g/mol. The Kier molecular flexibility index (Phi) is 3.59. The van der Waals surface area contributed by atoms with Crippen LogP contribution < -0.4 is 0 Å². The van der Waals surface area contributed by atoms with Crippen molar-refractivity contribution in [2.75, 3.05) is 0 Å². The first kappa shape index (κ1) is 13.0. The summed E-state index contributed by atoms with van der Waals surface area (Å²) in [5.74, 6) is 0. The summed E-state index contributed by atoms with van der Waals surface area (Å²) in [6.07, 6.45) is 1.86. The molecule has 0 aliphatic heterocycles. The molecule has 1 heteroatoms. The third-order valence-electron chi connectivity index (χ3n) is 3.22. The summed E-state index contributed by atoms with van der Waals surface area (Å²) in [4.78, 5) is 0. The lowest BCUT2D eigenvalue weighted by Crippen LogP contribution is -2.44. The van der Waals surface area contributed by atoms with Gasteiger partial charge in [-0.1, -0.05) is 41.5 Å². The molecule has 0 spiro atoms. The van der Waals surface area contributed by atoms with Gasteiger partial charge in [0.05, 0.1) is 5.60 Å². The van der Waals surface area contributed by atoms with Crippen molar-refractivity contribution in [2.45, 2.75) is 66.9 Å². The molecule has 0 aromatic carbocycles. The molecule has 0 aromatic heterocycles. The summed E-state index contributed by atoms with van der Waals surface area (Å²) in [6, 6.07) is 0. The summed E-state index contributed by atoms with van der Waals surface area (Å²) in [6.45, 7) is 14.9. The van der Waals surface area contributed by atoms with Crippen LogP contribution in [0.1, 0.15) is 61.3 Å². The lowest BCUT2D eigenvalue weighted by Gasteiger charge is -2.43. The second-order valence-electron chi connectivity index (χ2n) is 6.25. The van der Waals surface area contributed by atoms with Crippen LogP contribution in [0.15, 0.2) is 0 Å². The van der Waals surface area contributed by atoms with Gasteiger partial charge in [-0.25, -0.2) is 0 Å². The zero-order chi connectivity index (χ0) is 10.9. The second-order valence-corrected chi connectivity index (χ2v) is 6.25. The van der Waals surface area contributed by atoms with Crippen LogP contribution in [0.3, 0.4) is 0 Å². The van der Waals surface area contributed by atoms with E-state index >= 15 is 0 Å². The molecule has 1 nitrogen and oxygen atoms in total.